The Morgan fingerprint density at radius 3 is 2.13 bits per heavy atom. The Morgan fingerprint density at radius 1 is 1.17 bits per heavy atom. The summed E-state index contributed by atoms with van der Waals surface area (Å²) in [5.41, 5.74) is 3.51. The lowest BCUT2D eigenvalue weighted by molar-refractivity contribution is -0.110. The van der Waals surface area contributed by atoms with Crippen LogP contribution in [0.25, 0.3) is 10.9 Å². The Labute approximate surface area is 182 Å². The maximum atomic E-state index is 11.2. The molecule has 1 aromatic heterocycles. The highest BCUT2D eigenvalue weighted by atomic mass is 16.2. The van der Waals surface area contributed by atoms with Crippen molar-refractivity contribution in [2.45, 2.75) is 52.0 Å². The fourth-order valence-electron chi connectivity index (χ4n) is 2.22. The fourth-order valence-corrected chi connectivity index (χ4v) is 2.22. The van der Waals surface area contributed by atoms with Gasteiger partial charge in [-0.15, -0.1) is 0 Å². The molecule has 0 spiro atoms. The van der Waals surface area contributed by atoms with E-state index in [0.29, 0.717) is 23.8 Å². The van der Waals surface area contributed by atoms with Crippen molar-refractivity contribution >= 4 is 43.6 Å². The lowest BCUT2D eigenvalue weighted by Gasteiger charge is -2.27. The predicted molar refractivity (Wildman–Crippen MR) is 125 cm³/mol. The number of benzene rings is 1. The number of aliphatic hydroxyl groups is 1. The highest BCUT2D eigenvalue weighted by Crippen LogP contribution is 2.24. The minimum Gasteiger partial charge on any atom is -0.400 e. The van der Waals surface area contributed by atoms with Gasteiger partial charge >= 0.3 is 0 Å². The molecule has 1 N–H and O–H groups in total. The number of carbonyl (C=O) groups excluding carboxylic acids is 3. The molecule has 2 aromatic rings. The smallest absolute Gasteiger partial charge is 0.127 e. The van der Waals surface area contributed by atoms with E-state index in [1.54, 1.807) is 0 Å². The molecule has 6 nitrogen and oxygen atoms in total. The van der Waals surface area contributed by atoms with Crippen molar-refractivity contribution in [3.8, 4) is 0 Å². The number of hydrogen-bond acceptors (Lipinski definition) is 6. The Balaban J connectivity index is 0. The summed E-state index contributed by atoms with van der Waals surface area (Å²) >= 11 is 0. The van der Waals surface area contributed by atoms with Gasteiger partial charge in [-0.2, -0.15) is 0 Å². The Bertz CT molecular complexity index is 774. The maximum absolute atomic E-state index is 11.2. The number of fused-ring (bicyclic) bond motifs is 1. The second-order valence-corrected chi connectivity index (χ2v) is 7.67. The van der Waals surface area contributed by atoms with Gasteiger partial charge in [0.1, 0.15) is 27.2 Å². The molecule has 1 atom stereocenters. The molecule has 7 heteroatoms. The van der Waals surface area contributed by atoms with E-state index in [0.717, 1.165) is 41.8 Å². The summed E-state index contributed by atoms with van der Waals surface area (Å²) in [4.78, 5) is 36.3. The normalized spacial score (nSPS) is 11.1. The number of rotatable bonds is 5. The fraction of sp³-hybridized carbons (Fsp3) is 0.478. The maximum Gasteiger partial charge on any atom is 0.127 e. The van der Waals surface area contributed by atoms with E-state index in [-0.39, 0.29) is 5.92 Å². The Morgan fingerprint density at radius 2 is 1.70 bits per heavy atom. The zero-order valence-electron chi connectivity index (χ0n) is 19.3. The number of carbonyl (C=O) groups is 3. The Kier molecular flexibility index (Phi) is 15.4. The van der Waals surface area contributed by atoms with Crippen LogP contribution in [0.4, 0.5) is 0 Å². The number of aldehydes is 2. The first-order valence-electron chi connectivity index (χ1n) is 9.57. The van der Waals surface area contributed by atoms with Crippen LogP contribution in [0.5, 0.6) is 0 Å². The summed E-state index contributed by atoms with van der Waals surface area (Å²) in [7, 11) is 10.9. The number of aliphatic hydroxyl groups excluding tert-OH is 1. The van der Waals surface area contributed by atoms with Crippen molar-refractivity contribution < 1.29 is 19.5 Å². The van der Waals surface area contributed by atoms with Crippen molar-refractivity contribution in [3.05, 3.63) is 35.5 Å². The van der Waals surface area contributed by atoms with Crippen molar-refractivity contribution in [2.24, 2.45) is 0 Å². The first-order valence-corrected chi connectivity index (χ1v) is 9.57. The van der Waals surface area contributed by atoms with E-state index in [2.05, 4.69) is 44.8 Å². The van der Waals surface area contributed by atoms with Gasteiger partial charge in [-0.25, -0.2) is 0 Å². The van der Waals surface area contributed by atoms with E-state index in [4.69, 9.17) is 17.7 Å². The van der Waals surface area contributed by atoms with Crippen LogP contribution in [0.15, 0.2) is 24.3 Å². The molecule has 0 saturated carbocycles. The molecule has 0 aliphatic heterocycles. The SMILES string of the molecule is C=O.CN(C)C(C)(C)C.CO.[B]c1ccc2cc(C(C=O)CCC=O)c(C)nc2c1. The molecule has 0 bridgehead atoms. The van der Waals surface area contributed by atoms with Gasteiger partial charge in [0.15, 0.2) is 0 Å². The van der Waals surface area contributed by atoms with Crippen molar-refractivity contribution in [2.75, 3.05) is 21.2 Å². The zero-order valence-corrected chi connectivity index (χ0v) is 19.3. The molecule has 2 rings (SSSR count). The van der Waals surface area contributed by atoms with Gasteiger partial charge in [-0.3, -0.25) is 4.98 Å². The van der Waals surface area contributed by atoms with E-state index in [1.165, 1.54) is 0 Å². The minimum atomic E-state index is -0.278. The minimum absolute atomic E-state index is 0.278. The van der Waals surface area contributed by atoms with Crippen molar-refractivity contribution in [3.63, 3.8) is 0 Å². The molecule has 0 aliphatic carbocycles. The average molecular weight is 414 g/mol. The molecular weight excluding hydrogens is 379 g/mol. The quantitative estimate of drug-likeness (QED) is 0.597. The summed E-state index contributed by atoms with van der Waals surface area (Å²) in [5.74, 6) is -0.278. The summed E-state index contributed by atoms with van der Waals surface area (Å²) in [6.45, 7) is 10.4. The van der Waals surface area contributed by atoms with Gasteiger partial charge in [0.05, 0.1) is 5.52 Å². The third-order valence-electron chi connectivity index (χ3n) is 4.57. The van der Waals surface area contributed by atoms with E-state index >= 15 is 0 Å². The third kappa shape index (κ3) is 10.4. The van der Waals surface area contributed by atoms with Crippen LogP contribution in [-0.4, -0.2) is 68.9 Å². The van der Waals surface area contributed by atoms with Crippen LogP contribution >= 0.6 is 0 Å². The molecule has 0 fully saturated rings. The topological polar surface area (TPSA) is 87.6 Å². The van der Waals surface area contributed by atoms with Crippen LogP contribution in [0.1, 0.15) is 50.8 Å². The van der Waals surface area contributed by atoms with Gasteiger partial charge in [-0.05, 0) is 65.9 Å². The molecule has 0 aliphatic rings. The number of pyridine rings is 1. The number of nitrogens with zero attached hydrogens (tertiary/aromatic N) is 2. The zero-order chi connectivity index (χ0) is 23.9. The molecule has 0 amide bonds. The highest BCUT2D eigenvalue weighted by Gasteiger charge is 2.14. The summed E-state index contributed by atoms with van der Waals surface area (Å²) in [6, 6.07) is 7.47. The molecule has 30 heavy (non-hydrogen) atoms. The first kappa shape index (κ1) is 29.8. The van der Waals surface area contributed by atoms with E-state index in [1.807, 2.05) is 38.0 Å². The van der Waals surface area contributed by atoms with Gasteiger partial charge in [-0.1, -0.05) is 17.6 Å². The van der Waals surface area contributed by atoms with Crippen molar-refractivity contribution in [1.29, 1.82) is 0 Å². The predicted octanol–water partition coefficient (Wildman–Crippen LogP) is 2.37. The van der Waals surface area contributed by atoms with Gasteiger partial charge in [0, 0.05) is 36.1 Å². The molecule has 164 valence electrons. The number of aromatic nitrogens is 1. The first-order chi connectivity index (χ1) is 14.1. The van der Waals surface area contributed by atoms with Crippen molar-refractivity contribution in [1.82, 2.24) is 9.88 Å². The third-order valence-corrected chi connectivity index (χ3v) is 4.57. The summed E-state index contributed by atoms with van der Waals surface area (Å²) < 4.78 is 0. The Hall–Kier alpha value is -2.38. The van der Waals surface area contributed by atoms with Crippen LogP contribution in [0.2, 0.25) is 0 Å². The van der Waals surface area contributed by atoms with Gasteiger partial charge in [0.25, 0.3) is 0 Å². The van der Waals surface area contributed by atoms with E-state index < -0.39 is 0 Å². The number of hydrogen-bond donors (Lipinski definition) is 1. The average Bonchev–Trinajstić information content (AvgIpc) is 2.71. The van der Waals surface area contributed by atoms with Crippen LogP contribution in [0.3, 0.4) is 0 Å². The van der Waals surface area contributed by atoms with E-state index in [9.17, 15) is 9.59 Å². The summed E-state index contributed by atoms with van der Waals surface area (Å²) in [5, 5.41) is 7.95. The lowest BCUT2D eigenvalue weighted by atomic mass is 9.91. The molecule has 1 aromatic carbocycles. The monoisotopic (exact) mass is 414 g/mol. The standard InChI is InChI=1S/C15H14BNO2.C6H15N.CH4O.CH2O/c1-10-14(12(9-19)3-2-6-18)7-11-4-5-13(16)8-15(11)17-10;1-6(2,3)7(4)5;2*1-2/h4-9,12H,2-3H2,1H3;1-5H3;2H,1H3;1H2. The molecular formula is C23H35BN2O4. The van der Waals surface area contributed by atoms with Crippen LogP contribution in [-0.2, 0) is 14.4 Å². The molecule has 1 unspecified atom stereocenters. The highest BCUT2D eigenvalue weighted by molar-refractivity contribution is 6.33. The second kappa shape index (κ2) is 15.5. The number of aryl methyl sites for hydroxylation is 1. The molecule has 0 saturated heterocycles. The largest absolute Gasteiger partial charge is 0.400 e. The summed E-state index contributed by atoms with van der Waals surface area (Å²) in [6.07, 6.45) is 2.62. The molecule has 2 radical (unpaired) electrons. The molecule has 1 heterocycles. The van der Waals surface area contributed by atoms with Crippen LogP contribution in [0, 0.1) is 6.92 Å². The lowest BCUT2D eigenvalue weighted by Crippen LogP contribution is -2.34. The van der Waals surface area contributed by atoms with Crippen LogP contribution < -0.4 is 5.46 Å². The second-order valence-electron chi connectivity index (χ2n) is 7.67. The van der Waals surface area contributed by atoms with Gasteiger partial charge in [0.2, 0.25) is 0 Å². The van der Waals surface area contributed by atoms with Gasteiger partial charge < -0.3 is 24.4 Å².